The van der Waals surface area contributed by atoms with Crippen LogP contribution in [0, 0.1) is 13.8 Å². The van der Waals surface area contributed by atoms with Crippen LogP contribution in [0.15, 0.2) is 134 Å². The van der Waals surface area contributed by atoms with Crippen LogP contribution in [0.25, 0.3) is 11.0 Å². The molecule has 8 aromatic rings. The Balaban J connectivity index is 0.787. The second-order valence-corrected chi connectivity index (χ2v) is 17.0. The third kappa shape index (κ3) is 11.1. The number of nitrogens with one attached hydrogen (secondary N) is 4. The number of rotatable bonds is 20. The van der Waals surface area contributed by atoms with E-state index in [2.05, 4.69) is 21.3 Å². The highest BCUT2D eigenvalue weighted by molar-refractivity contribution is 6.16. The van der Waals surface area contributed by atoms with Crippen LogP contribution in [-0.4, -0.2) is 92.5 Å². The quantitative estimate of drug-likeness (QED) is 0.0177. The van der Waals surface area contributed by atoms with Crippen molar-refractivity contribution in [1.29, 1.82) is 0 Å². The van der Waals surface area contributed by atoms with Gasteiger partial charge in [0.05, 0.1) is 58.0 Å². The number of nitrogens with two attached hydrogens (primary N) is 2. The van der Waals surface area contributed by atoms with Gasteiger partial charge in [-0.15, -0.1) is 0 Å². The third-order valence-electron chi connectivity index (χ3n) is 12.1. The predicted octanol–water partition coefficient (Wildman–Crippen LogP) is 6.42. The Morgan fingerprint density at radius 2 is 0.920 bits per heavy atom. The number of carbonyl (C=O) groups is 8. The number of aromatic nitrogens is 2. The van der Waals surface area contributed by atoms with Gasteiger partial charge in [-0.05, 0) is 111 Å². The lowest BCUT2D eigenvalue weighted by atomic mass is 10.0. The van der Waals surface area contributed by atoms with E-state index in [-0.39, 0.29) is 82.4 Å². The van der Waals surface area contributed by atoms with Crippen LogP contribution < -0.4 is 42.2 Å². The summed E-state index contributed by atoms with van der Waals surface area (Å²) in [6, 6.07) is 31.1. The topological polar surface area (TPSA) is 304 Å². The average Bonchev–Trinajstić information content (AvgIpc) is 3.85. The number of carboxylic acid groups (broad SMARTS) is 2. The third-order valence-corrected chi connectivity index (χ3v) is 12.1. The standard InChI is InChI=1S/C55H48N8O12/c1-30-46(42-13-3-5-21-62(42)48(30)50(66)32-15-17-40(56)38(27-32)54(70)71)60-52(68)34-9-7-11-36(25-34)74-23-19-58-44(64)29-45(65)59-20-24-75-37-12-8-10-35(26-37)53(69)61-47-31(2)49(63-22-6-4-14-43(47)63)51(67)33-16-18-41(57)39(28-33)55(72)73/h3-18,21-22,25-28H,19-20,23-24,29,56-57H2,1-2H3,(H,58,64)(H,59,65)(H,60,68)(H,61,69)(H,70,71)(H,72,73). The number of fused-ring (bicyclic) bond motifs is 2. The van der Waals surface area contributed by atoms with E-state index in [1.54, 1.807) is 108 Å². The van der Waals surface area contributed by atoms with E-state index >= 15 is 0 Å². The van der Waals surface area contributed by atoms with Crippen LogP contribution in [0.3, 0.4) is 0 Å². The second-order valence-electron chi connectivity index (χ2n) is 17.0. The molecule has 0 radical (unpaired) electrons. The number of nitrogen functional groups attached to an aromatic ring is 2. The van der Waals surface area contributed by atoms with Gasteiger partial charge in [-0.3, -0.25) is 28.8 Å². The lowest BCUT2D eigenvalue weighted by Gasteiger charge is -2.11. The summed E-state index contributed by atoms with van der Waals surface area (Å²) < 4.78 is 14.8. The summed E-state index contributed by atoms with van der Waals surface area (Å²) in [7, 11) is 0. The Labute approximate surface area is 426 Å². The Hall–Kier alpha value is -10.2. The number of hydrogen-bond acceptors (Lipinski definition) is 12. The molecule has 0 spiro atoms. The van der Waals surface area contributed by atoms with E-state index < -0.39 is 53.6 Å². The Kier molecular flexibility index (Phi) is 15.0. The molecular formula is C55H48N8O12. The van der Waals surface area contributed by atoms with E-state index in [4.69, 9.17) is 20.9 Å². The molecule has 20 nitrogen and oxygen atoms in total. The van der Waals surface area contributed by atoms with Gasteiger partial charge in [-0.1, -0.05) is 24.3 Å². The van der Waals surface area contributed by atoms with E-state index in [1.807, 2.05) is 0 Å². The maximum atomic E-state index is 13.8. The minimum atomic E-state index is -1.27. The molecule has 4 aromatic heterocycles. The summed E-state index contributed by atoms with van der Waals surface area (Å²) in [5, 5.41) is 30.1. The number of pyridine rings is 2. The summed E-state index contributed by atoms with van der Waals surface area (Å²) in [5.41, 5.74) is 15.1. The van der Waals surface area contributed by atoms with Gasteiger partial charge in [0.2, 0.25) is 23.4 Å². The highest BCUT2D eigenvalue weighted by Gasteiger charge is 2.26. The minimum Gasteiger partial charge on any atom is -0.492 e. The average molecular weight is 1010 g/mol. The van der Waals surface area contributed by atoms with Crippen molar-refractivity contribution in [3.8, 4) is 11.5 Å². The fourth-order valence-electron chi connectivity index (χ4n) is 8.40. The summed E-state index contributed by atoms with van der Waals surface area (Å²) in [4.78, 5) is 103. The van der Waals surface area contributed by atoms with Crippen molar-refractivity contribution >= 4 is 80.9 Å². The number of aromatic carboxylic acids is 2. The molecule has 380 valence electrons. The minimum absolute atomic E-state index is 0.0107. The molecule has 0 bridgehead atoms. The van der Waals surface area contributed by atoms with Crippen molar-refractivity contribution in [2.75, 3.05) is 48.4 Å². The first-order valence-corrected chi connectivity index (χ1v) is 23.2. The van der Waals surface area contributed by atoms with E-state index in [0.717, 1.165) is 0 Å². The number of hydrogen-bond donors (Lipinski definition) is 8. The molecule has 0 unspecified atom stereocenters. The molecule has 0 fully saturated rings. The first kappa shape index (κ1) is 51.1. The smallest absolute Gasteiger partial charge is 0.337 e. The number of anilines is 4. The number of carbonyl (C=O) groups excluding carboxylic acids is 6. The van der Waals surface area contributed by atoms with Gasteiger partial charge in [0.25, 0.3) is 11.8 Å². The molecule has 4 amide bonds. The van der Waals surface area contributed by atoms with Gasteiger partial charge in [0.1, 0.15) is 31.1 Å². The van der Waals surface area contributed by atoms with Crippen LogP contribution >= 0.6 is 0 Å². The lowest BCUT2D eigenvalue weighted by molar-refractivity contribution is -0.129. The molecule has 0 aliphatic rings. The van der Waals surface area contributed by atoms with E-state index in [1.165, 1.54) is 48.5 Å². The molecule has 8 rings (SSSR count). The maximum absolute atomic E-state index is 13.8. The molecule has 0 saturated carbocycles. The van der Waals surface area contributed by atoms with E-state index in [0.29, 0.717) is 45.0 Å². The normalized spacial score (nSPS) is 10.9. The van der Waals surface area contributed by atoms with Gasteiger partial charge >= 0.3 is 11.9 Å². The largest absolute Gasteiger partial charge is 0.492 e. The number of ketones is 2. The van der Waals surface area contributed by atoms with Gasteiger partial charge in [0, 0.05) is 57.1 Å². The second kappa shape index (κ2) is 22.0. The summed E-state index contributed by atoms with van der Waals surface area (Å²) in [5.74, 6) is -4.94. The fraction of sp³-hybridized carbons (Fsp3) is 0.127. The van der Waals surface area contributed by atoms with Crippen LogP contribution in [0.1, 0.15) is 91.1 Å². The molecule has 10 N–H and O–H groups in total. The van der Waals surface area contributed by atoms with Crippen molar-refractivity contribution in [3.63, 3.8) is 0 Å². The monoisotopic (exact) mass is 1010 g/mol. The first-order chi connectivity index (χ1) is 36.0. The molecule has 0 aliphatic heterocycles. The Morgan fingerprint density at radius 1 is 0.507 bits per heavy atom. The molecule has 0 aliphatic carbocycles. The molecule has 4 heterocycles. The highest BCUT2D eigenvalue weighted by Crippen LogP contribution is 2.33. The zero-order valence-corrected chi connectivity index (χ0v) is 40.3. The van der Waals surface area contributed by atoms with Gasteiger partial charge in [0.15, 0.2) is 0 Å². The lowest BCUT2D eigenvalue weighted by Crippen LogP contribution is -2.35. The van der Waals surface area contributed by atoms with Crippen LogP contribution in [0.5, 0.6) is 11.5 Å². The SMILES string of the molecule is Cc1c(NC(=O)c2cccc(OCCNC(=O)CC(=O)NCCOc3cccc(C(=O)Nc4c(C)c(C(=O)c5ccc(N)c(C(=O)O)c5)n5ccccc45)c3)c2)c2ccccn2c1C(=O)c1ccc(N)c(C(=O)O)c1. The van der Waals surface area contributed by atoms with Crippen molar-refractivity contribution in [1.82, 2.24) is 19.4 Å². The maximum Gasteiger partial charge on any atom is 0.337 e. The molecule has 4 aromatic carbocycles. The number of ether oxygens (including phenoxy) is 2. The van der Waals surface area contributed by atoms with Crippen molar-refractivity contribution in [2.45, 2.75) is 20.3 Å². The Bertz CT molecular complexity index is 3400. The molecular weight excluding hydrogens is 965 g/mol. The van der Waals surface area contributed by atoms with Crippen LogP contribution in [0.4, 0.5) is 22.7 Å². The van der Waals surface area contributed by atoms with Gasteiger partial charge in [-0.25, -0.2) is 9.59 Å². The van der Waals surface area contributed by atoms with E-state index in [9.17, 15) is 48.6 Å². The first-order valence-electron chi connectivity index (χ1n) is 23.2. The number of carboxylic acids is 2. The number of benzene rings is 4. The van der Waals surface area contributed by atoms with Crippen molar-refractivity contribution in [3.05, 3.63) is 190 Å². The molecule has 75 heavy (non-hydrogen) atoms. The zero-order chi connectivity index (χ0) is 53.5. The fourth-order valence-corrected chi connectivity index (χ4v) is 8.40. The molecule has 0 saturated heterocycles. The predicted molar refractivity (Wildman–Crippen MR) is 277 cm³/mol. The summed E-state index contributed by atoms with van der Waals surface area (Å²) in [6.45, 7) is 3.46. The van der Waals surface area contributed by atoms with Gasteiger partial charge < -0.3 is 61.2 Å². The van der Waals surface area contributed by atoms with Crippen LogP contribution in [0.2, 0.25) is 0 Å². The van der Waals surface area contributed by atoms with Crippen molar-refractivity contribution in [2.24, 2.45) is 0 Å². The zero-order valence-electron chi connectivity index (χ0n) is 40.3. The Morgan fingerprint density at radius 3 is 1.32 bits per heavy atom. The van der Waals surface area contributed by atoms with Crippen LogP contribution in [-0.2, 0) is 9.59 Å². The number of amides is 4. The van der Waals surface area contributed by atoms with Crippen molar-refractivity contribution < 1.29 is 58.0 Å². The molecule has 20 heteroatoms. The highest BCUT2D eigenvalue weighted by atomic mass is 16.5. The summed E-state index contributed by atoms with van der Waals surface area (Å²) in [6.07, 6.45) is 2.86. The number of nitrogens with zero attached hydrogens (tertiary/aromatic N) is 2. The molecule has 0 atom stereocenters. The van der Waals surface area contributed by atoms with Gasteiger partial charge in [-0.2, -0.15) is 0 Å². The summed E-state index contributed by atoms with van der Waals surface area (Å²) >= 11 is 0.